The molecule has 0 atom stereocenters. The van der Waals surface area contributed by atoms with Crippen molar-refractivity contribution in [2.24, 2.45) is 0 Å². The molecular formula is C23H24N2O6. The highest BCUT2D eigenvalue weighted by Crippen LogP contribution is 2.33. The zero-order valence-electron chi connectivity index (χ0n) is 17.3. The highest BCUT2D eigenvalue weighted by Gasteiger charge is 2.25. The highest BCUT2D eigenvalue weighted by molar-refractivity contribution is 5.94. The molecule has 1 aliphatic rings. The van der Waals surface area contributed by atoms with Crippen molar-refractivity contribution < 1.29 is 27.9 Å². The zero-order chi connectivity index (χ0) is 21.6. The summed E-state index contributed by atoms with van der Waals surface area (Å²) in [7, 11) is 0. The summed E-state index contributed by atoms with van der Waals surface area (Å²) < 4.78 is 21.5. The minimum atomic E-state index is -0.304. The average molecular weight is 424 g/mol. The quantitative estimate of drug-likeness (QED) is 0.521. The van der Waals surface area contributed by atoms with E-state index in [4.69, 9.17) is 18.3 Å². The van der Waals surface area contributed by atoms with Gasteiger partial charge in [-0.05, 0) is 48.4 Å². The lowest BCUT2D eigenvalue weighted by molar-refractivity contribution is -0.133. The first-order valence-corrected chi connectivity index (χ1v) is 10.2. The maximum Gasteiger partial charge on any atom is 0.290 e. The summed E-state index contributed by atoms with van der Waals surface area (Å²) in [5, 5.41) is 0. The maximum atomic E-state index is 13.3. The fraction of sp³-hybridized carbons (Fsp3) is 0.304. The van der Waals surface area contributed by atoms with E-state index in [1.165, 1.54) is 11.2 Å². The van der Waals surface area contributed by atoms with E-state index in [2.05, 4.69) is 0 Å². The molecule has 3 aromatic rings. The topological polar surface area (TPSA) is 85.4 Å². The van der Waals surface area contributed by atoms with E-state index in [-0.39, 0.29) is 37.5 Å². The third kappa shape index (κ3) is 4.91. The van der Waals surface area contributed by atoms with E-state index in [1.54, 1.807) is 29.4 Å². The van der Waals surface area contributed by atoms with Gasteiger partial charge >= 0.3 is 0 Å². The lowest BCUT2D eigenvalue weighted by atomic mass is 10.1. The van der Waals surface area contributed by atoms with Gasteiger partial charge in [-0.25, -0.2) is 0 Å². The van der Waals surface area contributed by atoms with Gasteiger partial charge in [-0.3, -0.25) is 9.59 Å². The number of nitrogens with zero attached hydrogens (tertiary/aromatic N) is 2. The number of furan rings is 2. The molecule has 8 nitrogen and oxygen atoms in total. The molecule has 0 N–H and O–H groups in total. The van der Waals surface area contributed by atoms with Crippen LogP contribution in [0.25, 0.3) is 0 Å². The molecule has 8 heteroatoms. The Kier molecular flexibility index (Phi) is 6.26. The van der Waals surface area contributed by atoms with Gasteiger partial charge in [0.15, 0.2) is 17.3 Å². The summed E-state index contributed by atoms with van der Waals surface area (Å²) in [5.74, 6) is 1.72. The molecule has 2 amide bonds. The molecule has 0 radical (unpaired) electrons. The number of rotatable bonds is 9. The number of carbonyl (C=O) groups is 2. The standard InChI is InChI=1S/C23H24N2O6/c1-2-9-24(23(27)20-6-4-11-29-20)15-22(26)25(14-18-5-3-10-28-18)13-17-7-8-19-21(12-17)31-16-30-19/h3-8,10-12H,2,9,13-16H2,1H3. The second kappa shape index (κ2) is 9.42. The first-order chi connectivity index (χ1) is 15.1. The molecule has 0 fully saturated rings. The SMILES string of the molecule is CCCN(CC(=O)N(Cc1ccc2c(c1)OCO2)Cc1ccco1)C(=O)c1ccco1. The van der Waals surface area contributed by atoms with Crippen molar-refractivity contribution in [3.05, 3.63) is 72.1 Å². The van der Waals surface area contributed by atoms with Crippen molar-refractivity contribution in [3.8, 4) is 11.5 Å². The second-order valence-corrected chi connectivity index (χ2v) is 7.22. The van der Waals surface area contributed by atoms with Gasteiger partial charge in [0.05, 0.1) is 19.1 Å². The summed E-state index contributed by atoms with van der Waals surface area (Å²) in [5.41, 5.74) is 0.892. The van der Waals surface area contributed by atoms with Crippen molar-refractivity contribution in [3.63, 3.8) is 0 Å². The third-order valence-electron chi connectivity index (χ3n) is 4.93. The van der Waals surface area contributed by atoms with Crippen LogP contribution in [-0.2, 0) is 17.9 Å². The summed E-state index contributed by atoms with van der Waals surface area (Å²) >= 11 is 0. The second-order valence-electron chi connectivity index (χ2n) is 7.22. The van der Waals surface area contributed by atoms with Crippen LogP contribution in [0, 0.1) is 0 Å². The van der Waals surface area contributed by atoms with Crippen molar-refractivity contribution in [1.82, 2.24) is 9.80 Å². The largest absolute Gasteiger partial charge is 0.467 e. The van der Waals surface area contributed by atoms with Crippen molar-refractivity contribution in [2.75, 3.05) is 19.9 Å². The molecule has 3 heterocycles. The molecule has 2 aromatic heterocycles. The van der Waals surface area contributed by atoms with Crippen LogP contribution >= 0.6 is 0 Å². The van der Waals surface area contributed by atoms with Crippen LogP contribution in [0.3, 0.4) is 0 Å². The van der Waals surface area contributed by atoms with Gasteiger partial charge in [0.1, 0.15) is 12.3 Å². The Morgan fingerprint density at radius 1 is 0.935 bits per heavy atom. The fourth-order valence-corrected chi connectivity index (χ4v) is 3.42. The Labute approximate surface area is 179 Å². The van der Waals surface area contributed by atoms with E-state index >= 15 is 0 Å². The molecule has 1 aliphatic heterocycles. The van der Waals surface area contributed by atoms with Crippen molar-refractivity contribution in [2.45, 2.75) is 26.4 Å². The van der Waals surface area contributed by atoms with Crippen LogP contribution < -0.4 is 9.47 Å². The summed E-state index contributed by atoms with van der Waals surface area (Å²) in [6.07, 6.45) is 3.74. The summed E-state index contributed by atoms with van der Waals surface area (Å²) in [4.78, 5) is 29.2. The molecule has 31 heavy (non-hydrogen) atoms. The molecule has 0 bridgehead atoms. The van der Waals surface area contributed by atoms with Gasteiger partial charge in [-0.15, -0.1) is 0 Å². The van der Waals surface area contributed by atoms with Gasteiger partial charge in [0.25, 0.3) is 5.91 Å². The van der Waals surface area contributed by atoms with Crippen molar-refractivity contribution >= 4 is 11.8 Å². The van der Waals surface area contributed by atoms with Gasteiger partial charge in [-0.1, -0.05) is 13.0 Å². The molecule has 0 unspecified atom stereocenters. The van der Waals surface area contributed by atoms with Crippen LogP contribution in [0.1, 0.15) is 35.2 Å². The lowest BCUT2D eigenvalue weighted by Gasteiger charge is -2.27. The molecule has 0 aliphatic carbocycles. The Balaban J connectivity index is 1.52. The average Bonchev–Trinajstić information content (AvgIpc) is 3.54. The highest BCUT2D eigenvalue weighted by atomic mass is 16.7. The van der Waals surface area contributed by atoms with Crippen LogP contribution in [0.15, 0.2) is 63.8 Å². The Bertz CT molecular complexity index is 1010. The van der Waals surface area contributed by atoms with E-state index in [0.29, 0.717) is 30.3 Å². The normalized spacial score (nSPS) is 12.0. The van der Waals surface area contributed by atoms with Crippen LogP contribution in [-0.4, -0.2) is 41.5 Å². The van der Waals surface area contributed by atoms with Crippen LogP contribution in [0.2, 0.25) is 0 Å². The molecule has 0 saturated carbocycles. The zero-order valence-corrected chi connectivity index (χ0v) is 17.3. The number of fused-ring (bicyclic) bond motifs is 1. The third-order valence-corrected chi connectivity index (χ3v) is 4.93. The van der Waals surface area contributed by atoms with E-state index in [0.717, 1.165) is 12.0 Å². The smallest absolute Gasteiger partial charge is 0.290 e. The number of amides is 2. The first-order valence-electron chi connectivity index (χ1n) is 10.2. The minimum absolute atomic E-state index is 0.0569. The molecule has 4 rings (SSSR count). The number of hydrogen-bond acceptors (Lipinski definition) is 6. The van der Waals surface area contributed by atoms with Crippen LogP contribution in [0.4, 0.5) is 0 Å². The molecular weight excluding hydrogens is 400 g/mol. The monoisotopic (exact) mass is 424 g/mol. The number of carbonyl (C=O) groups excluding carboxylic acids is 2. The van der Waals surface area contributed by atoms with E-state index in [1.807, 2.05) is 31.2 Å². The minimum Gasteiger partial charge on any atom is -0.467 e. The number of benzene rings is 1. The van der Waals surface area contributed by atoms with Gasteiger partial charge in [0.2, 0.25) is 12.7 Å². The van der Waals surface area contributed by atoms with Gasteiger partial charge in [-0.2, -0.15) is 0 Å². The lowest BCUT2D eigenvalue weighted by Crippen LogP contribution is -2.42. The molecule has 162 valence electrons. The number of ether oxygens (including phenoxy) is 2. The molecule has 0 saturated heterocycles. The fourth-order valence-electron chi connectivity index (χ4n) is 3.42. The van der Waals surface area contributed by atoms with E-state index < -0.39 is 0 Å². The predicted molar refractivity (Wildman–Crippen MR) is 110 cm³/mol. The maximum absolute atomic E-state index is 13.3. The molecule has 0 spiro atoms. The first kappa shape index (κ1) is 20.6. The Hall–Kier alpha value is -3.68. The van der Waals surface area contributed by atoms with E-state index in [9.17, 15) is 9.59 Å². The van der Waals surface area contributed by atoms with Crippen LogP contribution in [0.5, 0.6) is 11.5 Å². The predicted octanol–water partition coefficient (Wildman–Crippen LogP) is 3.68. The number of hydrogen-bond donors (Lipinski definition) is 0. The Morgan fingerprint density at radius 2 is 1.74 bits per heavy atom. The van der Waals surface area contributed by atoms with Gasteiger partial charge < -0.3 is 28.1 Å². The van der Waals surface area contributed by atoms with Gasteiger partial charge in [0, 0.05) is 13.1 Å². The summed E-state index contributed by atoms with van der Waals surface area (Å²) in [6, 6.07) is 12.4. The molecule has 1 aromatic carbocycles. The Morgan fingerprint density at radius 3 is 2.48 bits per heavy atom. The summed E-state index contributed by atoms with van der Waals surface area (Å²) in [6.45, 7) is 3.16. The van der Waals surface area contributed by atoms with Crippen molar-refractivity contribution in [1.29, 1.82) is 0 Å².